The van der Waals surface area contributed by atoms with E-state index in [1.165, 1.54) is 0 Å². The number of nitrogens with zero attached hydrogens (tertiary/aromatic N) is 3. The quantitative estimate of drug-likeness (QED) is 0.530. The van der Waals surface area contributed by atoms with Gasteiger partial charge < -0.3 is 4.90 Å². The van der Waals surface area contributed by atoms with E-state index in [-0.39, 0.29) is 10.6 Å². The molecule has 1 fully saturated rings. The molecule has 1 aromatic carbocycles. The van der Waals surface area contributed by atoms with Crippen molar-refractivity contribution in [2.45, 2.75) is 26.2 Å². The highest BCUT2D eigenvalue weighted by Crippen LogP contribution is 2.31. The number of allylic oxidation sites excluding steroid dienone is 1. The predicted octanol–water partition coefficient (Wildman–Crippen LogP) is 5.27. The number of hydrogen-bond donors (Lipinski definition) is 0. The number of hydrogen-bond acceptors (Lipinski definition) is 4. The molecule has 1 saturated heterocycles. The highest BCUT2D eigenvalue weighted by Gasteiger charge is 2.25. The van der Waals surface area contributed by atoms with Gasteiger partial charge in [0.05, 0.1) is 4.92 Å². The van der Waals surface area contributed by atoms with Crippen LogP contribution in [0.25, 0.3) is 6.08 Å². The molecule has 2 heterocycles. The van der Waals surface area contributed by atoms with E-state index in [4.69, 9.17) is 11.6 Å². The Hall–Kier alpha value is -2.40. The molecule has 1 aliphatic rings. The maximum atomic E-state index is 11.3. The average molecular weight is 372 g/mol. The van der Waals surface area contributed by atoms with Crippen LogP contribution < -0.4 is 4.90 Å². The number of anilines is 1. The third kappa shape index (κ3) is 4.41. The highest BCUT2D eigenvalue weighted by molar-refractivity contribution is 6.32. The minimum Gasteiger partial charge on any atom is -0.351 e. The summed E-state index contributed by atoms with van der Waals surface area (Å²) >= 11 is 6.17. The zero-order chi connectivity index (χ0) is 18.5. The summed E-state index contributed by atoms with van der Waals surface area (Å²) in [6.07, 6.45) is 7.23. The van der Waals surface area contributed by atoms with E-state index in [2.05, 4.69) is 17.1 Å². The normalized spacial score (nSPS) is 15.5. The molecule has 2 aromatic rings. The fourth-order valence-electron chi connectivity index (χ4n) is 3.29. The molecule has 5 nitrogen and oxygen atoms in total. The molecule has 0 N–H and O–H groups in total. The van der Waals surface area contributed by atoms with Gasteiger partial charge in [-0.1, -0.05) is 42.0 Å². The molecule has 0 amide bonds. The van der Waals surface area contributed by atoms with Crippen LogP contribution >= 0.6 is 11.6 Å². The standard InChI is InChI=1S/C20H22ClN3O2/c1-15-9-10-19(24(25)26)20(22-15)23-13-11-16(12-14-23)5-4-7-17-6-2-3-8-18(17)21/h2-4,6-10,16H,5,11-14H2,1H3/b7-4+. The molecule has 1 aliphatic heterocycles. The summed E-state index contributed by atoms with van der Waals surface area (Å²) in [5, 5.41) is 12.0. The molecule has 0 unspecified atom stereocenters. The molecule has 3 rings (SSSR count). The maximum Gasteiger partial charge on any atom is 0.311 e. The van der Waals surface area contributed by atoms with Gasteiger partial charge in [0.25, 0.3) is 0 Å². The van der Waals surface area contributed by atoms with Crippen molar-refractivity contribution in [2.75, 3.05) is 18.0 Å². The number of rotatable bonds is 5. The Morgan fingerprint density at radius 2 is 2.00 bits per heavy atom. The summed E-state index contributed by atoms with van der Waals surface area (Å²) in [6.45, 7) is 3.45. The Morgan fingerprint density at radius 3 is 2.69 bits per heavy atom. The van der Waals surface area contributed by atoms with Crippen molar-refractivity contribution < 1.29 is 4.92 Å². The van der Waals surface area contributed by atoms with E-state index < -0.39 is 0 Å². The number of aryl methyl sites for hydroxylation is 1. The molecule has 136 valence electrons. The first-order valence-electron chi connectivity index (χ1n) is 8.82. The van der Waals surface area contributed by atoms with Crippen LogP contribution in [0.4, 0.5) is 11.5 Å². The van der Waals surface area contributed by atoms with Crippen molar-refractivity contribution in [1.29, 1.82) is 0 Å². The van der Waals surface area contributed by atoms with Crippen LogP contribution in [0, 0.1) is 23.0 Å². The van der Waals surface area contributed by atoms with Crippen molar-refractivity contribution in [3.8, 4) is 0 Å². The zero-order valence-corrected chi connectivity index (χ0v) is 15.5. The lowest BCUT2D eigenvalue weighted by atomic mass is 9.93. The van der Waals surface area contributed by atoms with E-state index >= 15 is 0 Å². The smallest absolute Gasteiger partial charge is 0.311 e. The molecule has 0 saturated carbocycles. The van der Waals surface area contributed by atoms with E-state index in [9.17, 15) is 10.1 Å². The second-order valence-electron chi connectivity index (χ2n) is 6.64. The van der Waals surface area contributed by atoms with Gasteiger partial charge in [-0.25, -0.2) is 4.98 Å². The van der Waals surface area contributed by atoms with Gasteiger partial charge in [-0.2, -0.15) is 0 Å². The average Bonchev–Trinajstić information content (AvgIpc) is 2.63. The van der Waals surface area contributed by atoms with Gasteiger partial charge >= 0.3 is 5.69 Å². The Morgan fingerprint density at radius 1 is 1.27 bits per heavy atom. The summed E-state index contributed by atoms with van der Waals surface area (Å²) in [7, 11) is 0. The Bertz CT molecular complexity index is 814. The predicted molar refractivity (Wildman–Crippen MR) is 106 cm³/mol. The van der Waals surface area contributed by atoms with Crippen LogP contribution in [0.3, 0.4) is 0 Å². The molecule has 0 atom stereocenters. The number of halogens is 1. The third-order valence-corrected chi connectivity index (χ3v) is 5.12. The van der Waals surface area contributed by atoms with Crippen molar-refractivity contribution in [3.05, 3.63) is 68.9 Å². The Kier molecular flexibility index (Phi) is 5.89. The van der Waals surface area contributed by atoms with Gasteiger partial charge in [-0.15, -0.1) is 0 Å². The van der Waals surface area contributed by atoms with Crippen LogP contribution in [0.15, 0.2) is 42.5 Å². The monoisotopic (exact) mass is 371 g/mol. The highest BCUT2D eigenvalue weighted by atomic mass is 35.5. The fraction of sp³-hybridized carbons (Fsp3) is 0.350. The van der Waals surface area contributed by atoms with Gasteiger partial charge in [0.1, 0.15) is 0 Å². The molecular formula is C20H22ClN3O2. The molecular weight excluding hydrogens is 350 g/mol. The molecule has 0 spiro atoms. The number of pyridine rings is 1. The molecule has 0 bridgehead atoms. The summed E-state index contributed by atoms with van der Waals surface area (Å²) in [5.41, 5.74) is 1.93. The van der Waals surface area contributed by atoms with Crippen molar-refractivity contribution >= 4 is 29.2 Å². The first-order valence-corrected chi connectivity index (χ1v) is 9.20. The number of piperidine rings is 1. The minimum atomic E-state index is -0.347. The molecule has 0 radical (unpaired) electrons. The maximum absolute atomic E-state index is 11.3. The third-order valence-electron chi connectivity index (χ3n) is 4.78. The van der Waals surface area contributed by atoms with Gasteiger partial charge in [-0.3, -0.25) is 10.1 Å². The number of nitro groups is 1. The van der Waals surface area contributed by atoms with Crippen LogP contribution in [-0.2, 0) is 0 Å². The summed E-state index contributed by atoms with van der Waals surface area (Å²) in [4.78, 5) is 17.4. The SMILES string of the molecule is Cc1ccc([N+](=O)[O-])c(N2CCC(C/C=C/c3ccccc3Cl)CC2)n1. The van der Waals surface area contributed by atoms with E-state index in [0.29, 0.717) is 11.7 Å². The second kappa shape index (κ2) is 8.32. The lowest BCUT2D eigenvalue weighted by Gasteiger charge is -2.32. The summed E-state index contributed by atoms with van der Waals surface area (Å²) < 4.78 is 0. The van der Waals surface area contributed by atoms with Gasteiger partial charge in [0.15, 0.2) is 0 Å². The fourth-order valence-corrected chi connectivity index (χ4v) is 3.49. The van der Waals surface area contributed by atoms with Crippen molar-refractivity contribution in [2.24, 2.45) is 5.92 Å². The van der Waals surface area contributed by atoms with Crippen molar-refractivity contribution in [1.82, 2.24) is 4.98 Å². The van der Waals surface area contributed by atoms with Crippen LogP contribution in [0.1, 0.15) is 30.5 Å². The topological polar surface area (TPSA) is 59.3 Å². The van der Waals surface area contributed by atoms with Gasteiger partial charge in [0, 0.05) is 29.9 Å². The molecule has 6 heteroatoms. The first-order chi connectivity index (χ1) is 12.5. The van der Waals surface area contributed by atoms with Crippen LogP contribution in [-0.4, -0.2) is 23.0 Å². The Labute approximate surface area is 158 Å². The second-order valence-corrected chi connectivity index (χ2v) is 7.05. The van der Waals surface area contributed by atoms with Crippen LogP contribution in [0.2, 0.25) is 5.02 Å². The lowest BCUT2D eigenvalue weighted by molar-refractivity contribution is -0.384. The Balaban J connectivity index is 1.59. The number of aromatic nitrogens is 1. The van der Waals surface area contributed by atoms with Crippen molar-refractivity contribution in [3.63, 3.8) is 0 Å². The van der Waals surface area contributed by atoms with E-state index in [1.54, 1.807) is 12.1 Å². The summed E-state index contributed by atoms with van der Waals surface area (Å²) in [5.74, 6) is 1.08. The van der Waals surface area contributed by atoms with Crippen LogP contribution in [0.5, 0.6) is 0 Å². The van der Waals surface area contributed by atoms with E-state index in [0.717, 1.165) is 48.6 Å². The van der Waals surface area contributed by atoms with E-state index in [1.807, 2.05) is 36.1 Å². The lowest BCUT2D eigenvalue weighted by Crippen LogP contribution is -2.34. The first kappa shape index (κ1) is 18.4. The molecule has 0 aliphatic carbocycles. The molecule has 1 aromatic heterocycles. The molecule has 26 heavy (non-hydrogen) atoms. The number of benzene rings is 1. The minimum absolute atomic E-state index is 0.0904. The largest absolute Gasteiger partial charge is 0.351 e. The summed E-state index contributed by atoms with van der Waals surface area (Å²) in [6, 6.07) is 11.0. The zero-order valence-electron chi connectivity index (χ0n) is 14.8. The van der Waals surface area contributed by atoms with Gasteiger partial charge in [-0.05, 0) is 49.8 Å². The van der Waals surface area contributed by atoms with Gasteiger partial charge in [0.2, 0.25) is 5.82 Å².